The minimum atomic E-state index is 0.126. The van der Waals surface area contributed by atoms with E-state index in [-0.39, 0.29) is 5.91 Å². The van der Waals surface area contributed by atoms with Crippen LogP contribution in [-0.4, -0.2) is 24.0 Å². The number of anilines is 1. The summed E-state index contributed by atoms with van der Waals surface area (Å²) < 4.78 is 0. The summed E-state index contributed by atoms with van der Waals surface area (Å²) >= 11 is 0. The fourth-order valence-electron chi connectivity index (χ4n) is 1.96. The van der Waals surface area contributed by atoms with Crippen LogP contribution in [0.2, 0.25) is 0 Å². The average molecular weight is 207 g/mol. The van der Waals surface area contributed by atoms with E-state index in [2.05, 4.69) is 15.6 Å². The number of nitrogens with one attached hydrogen (secondary N) is 3. The van der Waals surface area contributed by atoms with Gasteiger partial charge >= 0.3 is 0 Å². The van der Waals surface area contributed by atoms with Crippen LogP contribution in [0.1, 0.15) is 19.3 Å². The molecule has 3 N–H and O–H groups in total. The smallest absolute Gasteiger partial charge is 0.224 e. The average Bonchev–Trinajstić information content (AvgIpc) is 2.71. The third kappa shape index (κ3) is 3.09. The van der Waals surface area contributed by atoms with Crippen LogP contribution < -0.4 is 10.6 Å². The molecule has 1 fully saturated rings. The molecule has 0 saturated carbocycles. The zero-order valence-corrected chi connectivity index (χ0v) is 8.75. The molecule has 1 saturated heterocycles. The number of aromatic amines is 1. The molecule has 15 heavy (non-hydrogen) atoms. The Morgan fingerprint density at radius 2 is 2.27 bits per heavy atom. The molecule has 2 rings (SSSR count). The van der Waals surface area contributed by atoms with E-state index in [1.165, 1.54) is 0 Å². The molecule has 0 radical (unpaired) electrons. The number of carbonyl (C=O) groups excluding carboxylic acids is 1. The van der Waals surface area contributed by atoms with Crippen LogP contribution in [0.3, 0.4) is 0 Å². The van der Waals surface area contributed by atoms with E-state index in [1.807, 2.05) is 6.07 Å². The zero-order valence-electron chi connectivity index (χ0n) is 8.75. The summed E-state index contributed by atoms with van der Waals surface area (Å²) in [6.07, 6.45) is 6.47. The number of hydrogen-bond donors (Lipinski definition) is 3. The second-order valence-corrected chi connectivity index (χ2v) is 4.05. The number of rotatable bonds is 3. The van der Waals surface area contributed by atoms with Gasteiger partial charge in [-0.3, -0.25) is 4.79 Å². The lowest BCUT2D eigenvalue weighted by Crippen LogP contribution is -2.30. The lowest BCUT2D eigenvalue weighted by molar-refractivity contribution is -0.117. The molecule has 0 aromatic carbocycles. The van der Waals surface area contributed by atoms with Crippen molar-refractivity contribution < 1.29 is 4.79 Å². The van der Waals surface area contributed by atoms with Crippen molar-refractivity contribution in [2.75, 3.05) is 18.4 Å². The van der Waals surface area contributed by atoms with Gasteiger partial charge in [-0.15, -0.1) is 0 Å². The standard InChI is InChI=1S/C11H17N3O/c15-11(14-10-3-6-13-8-10)7-9-1-4-12-5-2-9/h3,6,8-9,12-13H,1-2,4-5,7H2,(H,14,15). The van der Waals surface area contributed by atoms with Crippen molar-refractivity contribution in [2.24, 2.45) is 5.92 Å². The van der Waals surface area contributed by atoms with Crippen LogP contribution in [0.4, 0.5) is 5.69 Å². The second-order valence-electron chi connectivity index (χ2n) is 4.05. The van der Waals surface area contributed by atoms with E-state index in [1.54, 1.807) is 12.4 Å². The molecule has 4 nitrogen and oxygen atoms in total. The second kappa shape index (κ2) is 4.98. The van der Waals surface area contributed by atoms with Gasteiger partial charge in [0.2, 0.25) is 5.91 Å². The lowest BCUT2D eigenvalue weighted by atomic mass is 9.94. The zero-order chi connectivity index (χ0) is 10.5. The van der Waals surface area contributed by atoms with Gasteiger partial charge in [0, 0.05) is 18.8 Å². The van der Waals surface area contributed by atoms with Gasteiger partial charge in [-0.1, -0.05) is 0 Å². The van der Waals surface area contributed by atoms with E-state index in [9.17, 15) is 4.79 Å². The van der Waals surface area contributed by atoms with E-state index in [0.717, 1.165) is 31.6 Å². The van der Waals surface area contributed by atoms with Gasteiger partial charge in [0.25, 0.3) is 0 Å². The van der Waals surface area contributed by atoms with Crippen LogP contribution in [0.5, 0.6) is 0 Å². The van der Waals surface area contributed by atoms with Gasteiger partial charge in [0.1, 0.15) is 0 Å². The Morgan fingerprint density at radius 1 is 1.47 bits per heavy atom. The molecule has 4 heteroatoms. The first-order valence-corrected chi connectivity index (χ1v) is 5.48. The number of piperidine rings is 1. The molecule has 1 aliphatic rings. The normalized spacial score (nSPS) is 17.6. The van der Waals surface area contributed by atoms with Gasteiger partial charge in [-0.05, 0) is 37.9 Å². The Balaban J connectivity index is 1.76. The number of aromatic nitrogens is 1. The highest BCUT2D eigenvalue weighted by Gasteiger charge is 2.16. The molecule has 0 bridgehead atoms. The largest absolute Gasteiger partial charge is 0.366 e. The highest BCUT2D eigenvalue weighted by atomic mass is 16.1. The Hall–Kier alpha value is -1.29. The molecule has 0 unspecified atom stereocenters. The van der Waals surface area contributed by atoms with Crippen molar-refractivity contribution in [3.05, 3.63) is 18.5 Å². The molecule has 1 amide bonds. The Kier molecular flexibility index (Phi) is 3.40. The summed E-state index contributed by atoms with van der Waals surface area (Å²) in [7, 11) is 0. The maximum absolute atomic E-state index is 11.6. The fraction of sp³-hybridized carbons (Fsp3) is 0.545. The topological polar surface area (TPSA) is 56.9 Å². The first kappa shape index (κ1) is 10.2. The molecular formula is C11H17N3O. The maximum atomic E-state index is 11.6. The Labute approximate surface area is 89.5 Å². The van der Waals surface area contributed by atoms with E-state index >= 15 is 0 Å². The van der Waals surface area contributed by atoms with E-state index < -0.39 is 0 Å². The number of amides is 1. The molecule has 1 aliphatic heterocycles. The number of hydrogen-bond acceptors (Lipinski definition) is 2. The summed E-state index contributed by atoms with van der Waals surface area (Å²) in [5, 5.41) is 6.18. The van der Waals surface area contributed by atoms with Crippen LogP contribution in [0.25, 0.3) is 0 Å². The number of carbonyl (C=O) groups is 1. The Morgan fingerprint density at radius 3 is 2.93 bits per heavy atom. The minimum absolute atomic E-state index is 0.126. The van der Waals surface area contributed by atoms with Crippen molar-refractivity contribution in [3.63, 3.8) is 0 Å². The molecule has 1 aromatic rings. The van der Waals surface area contributed by atoms with Crippen molar-refractivity contribution >= 4 is 11.6 Å². The summed E-state index contributed by atoms with van der Waals surface area (Å²) in [5.74, 6) is 0.673. The number of H-pyrrole nitrogens is 1. The highest BCUT2D eigenvalue weighted by Crippen LogP contribution is 2.16. The summed E-state index contributed by atoms with van der Waals surface area (Å²) in [4.78, 5) is 14.5. The maximum Gasteiger partial charge on any atom is 0.224 e. The van der Waals surface area contributed by atoms with E-state index in [0.29, 0.717) is 12.3 Å². The van der Waals surface area contributed by atoms with Crippen LogP contribution in [-0.2, 0) is 4.79 Å². The van der Waals surface area contributed by atoms with Gasteiger partial charge in [0.15, 0.2) is 0 Å². The van der Waals surface area contributed by atoms with Crippen LogP contribution >= 0.6 is 0 Å². The van der Waals surface area contributed by atoms with Crippen molar-refractivity contribution in [1.29, 1.82) is 0 Å². The fourth-order valence-corrected chi connectivity index (χ4v) is 1.96. The van der Waals surface area contributed by atoms with Gasteiger partial charge in [-0.25, -0.2) is 0 Å². The highest BCUT2D eigenvalue weighted by molar-refractivity contribution is 5.90. The molecule has 82 valence electrons. The summed E-state index contributed by atoms with van der Waals surface area (Å²) in [5.41, 5.74) is 0.855. The SMILES string of the molecule is O=C(CC1CCNCC1)Nc1cc[nH]c1. The third-order valence-electron chi connectivity index (χ3n) is 2.81. The first-order valence-electron chi connectivity index (χ1n) is 5.48. The summed E-state index contributed by atoms with van der Waals surface area (Å²) in [6, 6.07) is 1.86. The molecule has 2 heterocycles. The minimum Gasteiger partial charge on any atom is -0.366 e. The molecule has 0 aliphatic carbocycles. The van der Waals surface area contributed by atoms with Gasteiger partial charge in [0.05, 0.1) is 5.69 Å². The van der Waals surface area contributed by atoms with Crippen molar-refractivity contribution in [2.45, 2.75) is 19.3 Å². The third-order valence-corrected chi connectivity index (χ3v) is 2.81. The van der Waals surface area contributed by atoms with Crippen LogP contribution in [0, 0.1) is 5.92 Å². The van der Waals surface area contributed by atoms with Crippen molar-refractivity contribution in [3.8, 4) is 0 Å². The quantitative estimate of drug-likeness (QED) is 0.700. The Bertz CT molecular complexity index is 302. The molecular weight excluding hydrogens is 190 g/mol. The van der Waals surface area contributed by atoms with E-state index in [4.69, 9.17) is 0 Å². The predicted molar refractivity (Wildman–Crippen MR) is 59.6 cm³/mol. The summed E-state index contributed by atoms with van der Waals surface area (Å²) in [6.45, 7) is 2.09. The lowest BCUT2D eigenvalue weighted by Gasteiger charge is -2.21. The first-order chi connectivity index (χ1) is 7.34. The van der Waals surface area contributed by atoms with Crippen LogP contribution in [0.15, 0.2) is 18.5 Å². The predicted octanol–water partition coefficient (Wildman–Crippen LogP) is 1.34. The van der Waals surface area contributed by atoms with Gasteiger partial charge in [-0.2, -0.15) is 0 Å². The molecule has 0 atom stereocenters. The monoisotopic (exact) mass is 207 g/mol. The van der Waals surface area contributed by atoms with Gasteiger partial charge < -0.3 is 15.6 Å². The van der Waals surface area contributed by atoms with Crippen molar-refractivity contribution in [1.82, 2.24) is 10.3 Å². The molecule has 0 spiro atoms. The molecule has 1 aromatic heterocycles.